The van der Waals surface area contributed by atoms with Crippen LogP contribution in [0.1, 0.15) is 22.3 Å². The summed E-state index contributed by atoms with van der Waals surface area (Å²) in [5.41, 5.74) is 2.68. The van der Waals surface area contributed by atoms with E-state index in [1.165, 1.54) is 12.1 Å². The van der Waals surface area contributed by atoms with Gasteiger partial charge < -0.3 is 19.1 Å². The highest BCUT2D eigenvalue weighted by Gasteiger charge is 2.28. The van der Waals surface area contributed by atoms with Crippen molar-refractivity contribution >= 4 is 27.5 Å². The highest BCUT2D eigenvalue weighted by molar-refractivity contribution is 7.21. The van der Waals surface area contributed by atoms with Crippen LogP contribution in [0.5, 0.6) is 11.5 Å². The summed E-state index contributed by atoms with van der Waals surface area (Å²) < 4.78 is 33.4. The molecule has 8 heteroatoms. The van der Waals surface area contributed by atoms with Gasteiger partial charge in [0.25, 0.3) is 5.91 Å². The minimum atomic E-state index is -0.531. The second kappa shape index (κ2) is 9.28. The van der Waals surface area contributed by atoms with Crippen molar-refractivity contribution in [3.63, 3.8) is 0 Å². The average Bonchev–Trinajstić information content (AvgIpc) is 3.49. The van der Waals surface area contributed by atoms with Gasteiger partial charge in [-0.05, 0) is 36.4 Å². The van der Waals surface area contributed by atoms with E-state index in [0.717, 1.165) is 32.8 Å². The number of nitrogens with zero attached hydrogens (tertiary/aromatic N) is 2. The SMILES string of the molecule is O=C(c1ccccc1F)N1CCOc2c(cc(-c3nc4ccccc4s3)cc2O[C@H]2CCOC2)C1. The topological polar surface area (TPSA) is 60.9 Å². The van der Waals surface area contributed by atoms with Crippen molar-refractivity contribution in [2.24, 2.45) is 0 Å². The van der Waals surface area contributed by atoms with E-state index >= 15 is 0 Å². The van der Waals surface area contributed by atoms with Gasteiger partial charge in [-0.1, -0.05) is 24.3 Å². The number of thiazole rings is 1. The molecule has 1 fully saturated rings. The molecule has 0 spiro atoms. The second-order valence-electron chi connectivity index (χ2n) is 8.61. The smallest absolute Gasteiger partial charge is 0.257 e. The predicted octanol–water partition coefficient (Wildman–Crippen LogP) is 5.30. The summed E-state index contributed by atoms with van der Waals surface area (Å²) in [4.78, 5) is 19.6. The lowest BCUT2D eigenvalue weighted by atomic mass is 10.1. The van der Waals surface area contributed by atoms with Crippen molar-refractivity contribution in [1.82, 2.24) is 9.88 Å². The minimum Gasteiger partial charge on any atom is -0.487 e. The van der Waals surface area contributed by atoms with Gasteiger partial charge >= 0.3 is 0 Å². The molecule has 2 aliphatic rings. The molecule has 0 aliphatic carbocycles. The molecule has 0 bridgehead atoms. The largest absolute Gasteiger partial charge is 0.487 e. The number of benzene rings is 3. The van der Waals surface area contributed by atoms with E-state index in [4.69, 9.17) is 19.2 Å². The summed E-state index contributed by atoms with van der Waals surface area (Å²) in [7, 11) is 0. The van der Waals surface area contributed by atoms with Crippen LogP contribution < -0.4 is 9.47 Å². The Balaban J connectivity index is 1.41. The number of hydrogen-bond acceptors (Lipinski definition) is 6. The Labute approximate surface area is 205 Å². The van der Waals surface area contributed by atoms with Gasteiger partial charge in [0.1, 0.15) is 23.5 Å². The molecule has 178 valence electrons. The van der Waals surface area contributed by atoms with Crippen LogP contribution in [0.2, 0.25) is 0 Å². The Morgan fingerprint density at radius 3 is 2.80 bits per heavy atom. The molecule has 1 amide bonds. The maximum absolute atomic E-state index is 14.4. The molecule has 3 heterocycles. The van der Waals surface area contributed by atoms with Crippen LogP contribution in [0.4, 0.5) is 4.39 Å². The summed E-state index contributed by atoms with van der Waals surface area (Å²) in [5, 5.41) is 0.859. The number of hydrogen-bond donors (Lipinski definition) is 0. The minimum absolute atomic E-state index is 0.0536. The molecule has 1 atom stereocenters. The Morgan fingerprint density at radius 1 is 1.11 bits per heavy atom. The van der Waals surface area contributed by atoms with E-state index in [9.17, 15) is 9.18 Å². The number of para-hydroxylation sites is 1. The first-order valence-electron chi connectivity index (χ1n) is 11.6. The quantitative estimate of drug-likeness (QED) is 0.388. The van der Waals surface area contributed by atoms with Crippen LogP contribution in [0, 0.1) is 5.82 Å². The van der Waals surface area contributed by atoms with Crippen LogP contribution in [0.25, 0.3) is 20.8 Å². The van der Waals surface area contributed by atoms with E-state index in [-0.39, 0.29) is 30.7 Å². The molecule has 0 N–H and O–H groups in total. The molecule has 2 aliphatic heterocycles. The molecule has 6 rings (SSSR count). The van der Waals surface area contributed by atoms with E-state index in [0.29, 0.717) is 31.3 Å². The van der Waals surface area contributed by atoms with Crippen molar-refractivity contribution in [2.45, 2.75) is 19.1 Å². The first-order valence-corrected chi connectivity index (χ1v) is 12.4. The number of ether oxygens (including phenoxy) is 3. The van der Waals surface area contributed by atoms with Crippen LogP contribution >= 0.6 is 11.3 Å². The monoisotopic (exact) mass is 490 g/mol. The van der Waals surface area contributed by atoms with Crippen molar-refractivity contribution < 1.29 is 23.4 Å². The first kappa shape index (κ1) is 22.0. The van der Waals surface area contributed by atoms with Gasteiger partial charge in [-0.2, -0.15) is 0 Å². The maximum atomic E-state index is 14.4. The summed E-state index contributed by atoms with van der Waals surface area (Å²) >= 11 is 1.60. The summed E-state index contributed by atoms with van der Waals surface area (Å²) in [5.74, 6) is 0.339. The number of halogens is 1. The highest BCUT2D eigenvalue weighted by atomic mass is 32.1. The lowest BCUT2D eigenvalue weighted by molar-refractivity contribution is 0.0728. The van der Waals surface area contributed by atoms with Crippen molar-refractivity contribution in [3.8, 4) is 22.1 Å². The molecule has 1 saturated heterocycles. The molecule has 6 nitrogen and oxygen atoms in total. The molecule has 0 unspecified atom stereocenters. The van der Waals surface area contributed by atoms with E-state index in [1.807, 2.05) is 36.4 Å². The van der Waals surface area contributed by atoms with Gasteiger partial charge in [-0.25, -0.2) is 9.37 Å². The molecule has 0 radical (unpaired) electrons. The molecular formula is C27H23FN2O4S. The second-order valence-corrected chi connectivity index (χ2v) is 9.64. The molecule has 3 aromatic carbocycles. The summed E-state index contributed by atoms with van der Waals surface area (Å²) in [6.07, 6.45) is 0.741. The summed E-state index contributed by atoms with van der Waals surface area (Å²) in [6.45, 7) is 2.09. The molecule has 4 aromatic rings. The fraction of sp³-hybridized carbons (Fsp3) is 0.259. The fourth-order valence-corrected chi connectivity index (χ4v) is 5.41. The fourth-order valence-electron chi connectivity index (χ4n) is 4.45. The third-order valence-electron chi connectivity index (χ3n) is 6.21. The number of carbonyl (C=O) groups excluding carboxylic acids is 1. The van der Waals surface area contributed by atoms with Crippen LogP contribution in [-0.4, -0.2) is 48.3 Å². The van der Waals surface area contributed by atoms with Gasteiger partial charge in [-0.15, -0.1) is 11.3 Å². The van der Waals surface area contributed by atoms with Gasteiger partial charge in [0, 0.05) is 24.1 Å². The van der Waals surface area contributed by atoms with Gasteiger partial charge in [0.2, 0.25) is 0 Å². The third kappa shape index (κ3) is 4.35. The van der Waals surface area contributed by atoms with Gasteiger partial charge in [0.15, 0.2) is 11.5 Å². The normalized spacial score (nSPS) is 17.6. The number of fused-ring (bicyclic) bond motifs is 2. The van der Waals surface area contributed by atoms with E-state index in [2.05, 4.69) is 0 Å². The molecule has 1 aromatic heterocycles. The standard InChI is InChI=1S/C27H23FN2O4S/c28-21-6-2-1-5-20(21)27(31)30-10-12-33-25-18(15-30)13-17(14-23(25)34-19-9-11-32-16-19)26-29-22-7-3-4-8-24(22)35-26/h1-8,13-14,19H,9-12,15-16H2/t19-/m0/s1. The lowest BCUT2D eigenvalue weighted by Crippen LogP contribution is -2.33. The maximum Gasteiger partial charge on any atom is 0.257 e. The van der Waals surface area contributed by atoms with Crippen LogP contribution in [0.15, 0.2) is 60.7 Å². The molecule has 0 saturated carbocycles. The third-order valence-corrected chi connectivity index (χ3v) is 7.30. The number of amides is 1. The Hall–Kier alpha value is -3.49. The Morgan fingerprint density at radius 2 is 1.97 bits per heavy atom. The number of rotatable bonds is 4. The van der Waals surface area contributed by atoms with Gasteiger partial charge in [0.05, 0.1) is 35.5 Å². The Kier molecular flexibility index (Phi) is 5.83. The average molecular weight is 491 g/mol. The Bertz CT molecular complexity index is 1370. The van der Waals surface area contributed by atoms with E-state index < -0.39 is 5.82 Å². The van der Waals surface area contributed by atoms with Crippen LogP contribution in [0.3, 0.4) is 0 Å². The number of carbonyl (C=O) groups is 1. The highest BCUT2D eigenvalue weighted by Crippen LogP contribution is 2.41. The zero-order valence-corrected chi connectivity index (χ0v) is 19.7. The van der Waals surface area contributed by atoms with E-state index in [1.54, 1.807) is 28.4 Å². The lowest BCUT2D eigenvalue weighted by Gasteiger charge is -2.21. The zero-order valence-electron chi connectivity index (χ0n) is 18.9. The predicted molar refractivity (Wildman–Crippen MR) is 132 cm³/mol. The van der Waals surface area contributed by atoms with Crippen molar-refractivity contribution in [1.29, 1.82) is 0 Å². The van der Waals surface area contributed by atoms with Crippen molar-refractivity contribution in [2.75, 3.05) is 26.4 Å². The number of aromatic nitrogens is 1. The first-order chi connectivity index (χ1) is 17.2. The van der Waals surface area contributed by atoms with Gasteiger partial charge in [-0.3, -0.25) is 4.79 Å². The summed E-state index contributed by atoms with van der Waals surface area (Å²) in [6, 6.07) is 18.0. The molecular weight excluding hydrogens is 467 g/mol. The van der Waals surface area contributed by atoms with Crippen molar-refractivity contribution in [3.05, 3.63) is 77.6 Å². The molecule has 35 heavy (non-hydrogen) atoms. The van der Waals surface area contributed by atoms with Crippen LogP contribution in [-0.2, 0) is 11.3 Å². The zero-order chi connectivity index (χ0) is 23.8.